The molecule has 1 amide bonds. The van der Waals surface area contributed by atoms with E-state index in [0.29, 0.717) is 16.9 Å². The van der Waals surface area contributed by atoms with E-state index in [1.54, 1.807) is 60.0 Å². The molecule has 2 aromatic carbocycles. The fourth-order valence-electron chi connectivity index (χ4n) is 2.76. The number of hydrogen-bond acceptors (Lipinski definition) is 7. The van der Waals surface area contributed by atoms with Crippen molar-refractivity contribution in [2.24, 2.45) is 10.2 Å². The highest BCUT2D eigenvalue weighted by Gasteiger charge is 2.17. The molecule has 0 aliphatic heterocycles. The standard InChI is InChI=1S/C22H17N5O2S/c1-14-24-18-10-9-16(12-19(18)30-14)26-27-20(21(28)15-6-3-2-4-7-15)22(29)25-17-8-5-11-23-13-17/h2-13,28H,1H3,(H,25,29). The number of carbonyl (C=O) groups excluding carboxylic acids is 1. The number of pyridine rings is 1. The van der Waals surface area contributed by atoms with Gasteiger partial charge in [-0.15, -0.1) is 16.5 Å². The van der Waals surface area contributed by atoms with Gasteiger partial charge in [-0.3, -0.25) is 9.78 Å². The van der Waals surface area contributed by atoms with Crippen LogP contribution in [0.25, 0.3) is 16.0 Å². The van der Waals surface area contributed by atoms with Crippen molar-refractivity contribution in [2.75, 3.05) is 5.32 Å². The highest BCUT2D eigenvalue weighted by atomic mass is 32.1. The number of aliphatic hydroxyl groups is 1. The van der Waals surface area contributed by atoms with Gasteiger partial charge in [-0.2, -0.15) is 5.11 Å². The number of benzene rings is 2. The van der Waals surface area contributed by atoms with Crippen LogP contribution >= 0.6 is 11.3 Å². The molecule has 2 heterocycles. The first-order valence-corrected chi connectivity index (χ1v) is 9.91. The van der Waals surface area contributed by atoms with Crippen molar-refractivity contribution in [2.45, 2.75) is 6.92 Å². The quantitative estimate of drug-likeness (QED) is 0.250. The average Bonchev–Trinajstić information content (AvgIpc) is 3.14. The van der Waals surface area contributed by atoms with Gasteiger partial charge in [0.25, 0.3) is 5.91 Å². The summed E-state index contributed by atoms with van der Waals surface area (Å²) < 4.78 is 0.974. The highest BCUT2D eigenvalue weighted by Crippen LogP contribution is 2.27. The number of nitrogens with zero attached hydrogens (tertiary/aromatic N) is 4. The Hall–Kier alpha value is -3.91. The molecule has 0 bridgehead atoms. The lowest BCUT2D eigenvalue weighted by Crippen LogP contribution is -2.15. The molecule has 0 aliphatic rings. The number of amides is 1. The van der Waals surface area contributed by atoms with Gasteiger partial charge in [0.05, 0.1) is 32.8 Å². The van der Waals surface area contributed by atoms with Crippen molar-refractivity contribution in [3.8, 4) is 0 Å². The maximum absolute atomic E-state index is 12.8. The van der Waals surface area contributed by atoms with Gasteiger partial charge in [0, 0.05) is 11.8 Å². The minimum absolute atomic E-state index is 0.203. The first-order valence-electron chi connectivity index (χ1n) is 9.09. The summed E-state index contributed by atoms with van der Waals surface area (Å²) >= 11 is 1.55. The Kier molecular flexibility index (Phi) is 5.58. The van der Waals surface area contributed by atoms with Crippen LogP contribution in [0.15, 0.2) is 89.0 Å². The van der Waals surface area contributed by atoms with Gasteiger partial charge in [-0.1, -0.05) is 30.3 Å². The topological polar surface area (TPSA) is 99.8 Å². The lowest BCUT2D eigenvalue weighted by Gasteiger charge is -2.07. The van der Waals surface area contributed by atoms with Crippen molar-refractivity contribution < 1.29 is 9.90 Å². The third-order valence-electron chi connectivity index (χ3n) is 4.15. The van der Waals surface area contributed by atoms with E-state index >= 15 is 0 Å². The van der Waals surface area contributed by atoms with Crippen molar-refractivity contribution >= 4 is 44.6 Å². The van der Waals surface area contributed by atoms with Crippen LogP contribution in [0.4, 0.5) is 11.4 Å². The molecule has 30 heavy (non-hydrogen) atoms. The molecule has 4 aromatic rings. The van der Waals surface area contributed by atoms with Crippen molar-refractivity contribution in [3.63, 3.8) is 0 Å². The Morgan fingerprint density at radius 3 is 2.70 bits per heavy atom. The SMILES string of the molecule is Cc1nc2ccc(N=NC(C(=O)Nc3cccnc3)=C(O)c3ccccc3)cc2s1. The number of hydrogen-bond donors (Lipinski definition) is 2. The van der Waals surface area contributed by atoms with E-state index in [-0.39, 0.29) is 11.5 Å². The number of carbonyl (C=O) groups is 1. The van der Waals surface area contributed by atoms with E-state index in [1.165, 1.54) is 6.20 Å². The molecule has 148 valence electrons. The van der Waals surface area contributed by atoms with E-state index in [1.807, 2.05) is 25.1 Å². The molecule has 2 N–H and O–H groups in total. The summed E-state index contributed by atoms with van der Waals surface area (Å²) in [5.41, 5.74) is 2.18. The van der Waals surface area contributed by atoms with E-state index in [2.05, 4.69) is 25.5 Å². The van der Waals surface area contributed by atoms with E-state index in [0.717, 1.165) is 15.2 Å². The first kappa shape index (κ1) is 19.4. The van der Waals surface area contributed by atoms with E-state index in [4.69, 9.17) is 0 Å². The van der Waals surface area contributed by atoms with E-state index < -0.39 is 5.91 Å². The first-order chi connectivity index (χ1) is 14.6. The molecule has 2 aromatic heterocycles. The van der Waals surface area contributed by atoms with Crippen LogP contribution in [0.5, 0.6) is 0 Å². The number of aromatic nitrogens is 2. The zero-order valence-electron chi connectivity index (χ0n) is 16.0. The highest BCUT2D eigenvalue weighted by molar-refractivity contribution is 7.18. The van der Waals surface area contributed by atoms with Gasteiger partial charge >= 0.3 is 0 Å². The number of azo groups is 1. The number of fused-ring (bicyclic) bond motifs is 1. The van der Waals surface area contributed by atoms with Gasteiger partial charge in [0.1, 0.15) is 0 Å². The van der Waals surface area contributed by atoms with Crippen molar-refractivity contribution in [3.05, 3.63) is 89.3 Å². The Labute approximate surface area is 176 Å². The Morgan fingerprint density at radius 1 is 1.10 bits per heavy atom. The average molecular weight is 415 g/mol. The predicted octanol–water partition coefficient (Wildman–Crippen LogP) is 5.65. The zero-order valence-corrected chi connectivity index (χ0v) is 16.8. The maximum Gasteiger partial charge on any atom is 0.280 e. The molecule has 0 saturated heterocycles. The molecule has 7 nitrogen and oxygen atoms in total. The summed E-state index contributed by atoms with van der Waals surface area (Å²) in [6.07, 6.45) is 3.11. The fraction of sp³-hybridized carbons (Fsp3) is 0.0455. The third-order valence-corrected chi connectivity index (χ3v) is 5.08. The monoisotopic (exact) mass is 415 g/mol. The van der Waals surface area contributed by atoms with Gasteiger partial charge in [0.2, 0.25) is 0 Å². The minimum atomic E-state index is -0.595. The zero-order chi connectivity index (χ0) is 20.9. The number of rotatable bonds is 5. The Bertz CT molecular complexity index is 1250. The van der Waals surface area contributed by atoms with Crippen LogP contribution in [0, 0.1) is 6.92 Å². The minimum Gasteiger partial charge on any atom is -0.505 e. The molecular weight excluding hydrogens is 398 g/mol. The van der Waals surface area contributed by atoms with Gasteiger partial charge in [-0.25, -0.2) is 4.98 Å². The molecular formula is C22H17N5O2S. The molecule has 0 atom stereocenters. The maximum atomic E-state index is 12.8. The second-order valence-electron chi connectivity index (χ2n) is 6.34. The third kappa shape index (κ3) is 4.39. The van der Waals surface area contributed by atoms with Crippen LogP contribution in [0.1, 0.15) is 10.6 Å². The normalized spacial score (nSPS) is 12.2. The van der Waals surface area contributed by atoms with E-state index in [9.17, 15) is 9.90 Å². The Morgan fingerprint density at radius 2 is 1.93 bits per heavy atom. The largest absolute Gasteiger partial charge is 0.505 e. The molecule has 4 rings (SSSR count). The summed E-state index contributed by atoms with van der Waals surface area (Å²) in [5, 5.41) is 22.6. The van der Waals surface area contributed by atoms with Crippen LogP contribution in [0.2, 0.25) is 0 Å². The summed E-state index contributed by atoms with van der Waals surface area (Å²) in [4.78, 5) is 21.2. The summed E-state index contributed by atoms with van der Waals surface area (Å²) in [6, 6.07) is 17.6. The fourth-order valence-corrected chi connectivity index (χ4v) is 3.62. The van der Waals surface area contributed by atoms with Crippen LogP contribution in [0.3, 0.4) is 0 Å². The molecule has 0 saturated carbocycles. The van der Waals surface area contributed by atoms with Crippen molar-refractivity contribution in [1.82, 2.24) is 9.97 Å². The molecule has 8 heteroatoms. The second kappa shape index (κ2) is 8.62. The van der Waals surface area contributed by atoms with Gasteiger partial charge in [-0.05, 0) is 37.3 Å². The summed E-state index contributed by atoms with van der Waals surface area (Å²) in [6.45, 7) is 1.94. The van der Waals surface area contributed by atoms with Crippen LogP contribution in [-0.4, -0.2) is 21.0 Å². The Balaban J connectivity index is 1.70. The van der Waals surface area contributed by atoms with Crippen LogP contribution in [-0.2, 0) is 4.79 Å². The van der Waals surface area contributed by atoms with Crippen molar-refractivity contribution in [1.29, 1.82) is 0 Å². The molecule has 0 unspecified atom stereocenters. The molecule has 0 radical (unpaired) electrons. The number of aryl methyl sites for hydroxylation is 1. The summed E-state index contributed by atoms with van der Waals surface area (Å²) in [5.74, 6) is -0.863. The van der Waals surface area contributed by atoms with Gasteiger partial charge in [0.15, 0.2) is 11.5 Å². The molecule has 0 fully saturated rings. The second-order valence-corrected chi connectivity index (χ2v) is 7.58. The lowest BCUT2D eigenvalue weighted by atomic mass is 10.1. The molecule has 0 spiro atoms. The number of anilines is 1. The predicted molar refractivity (Wildman–Crippen MR) is 118 cm³/mol. The lowest BCUT2D eigenvalue weighted by molar-refractivity contribution is -0.112. The van der Waals surface area contributed by atoms with Crippen LogP contribution < -0.4 is 5.32 Å². The number of thiazole rings is 1. The number of nitrogens with one attached hydrogen (secondary N) is 1. The van der Waals surface area contributed by atoms with Gasteiger partial charge < -0.3 is 10.4 Å². The molecule has 0 aliphatic carbocycles. The summed E-state index contributed by atoms with van der Waals surface area (Å²) in [7, 11) is 0. The number of aliphatic hydroxyl groups excluding tert-OH is 1. The smallest absolute Gasteiger partial charge is 0.280 e.